The molecular weight excluding hydrogens is 326 g/mol. The van der Waals surface area contributed by atoms with Crippen LogP contribution in [0.25, 0.3) is 10.2 Å². The summed E-state index contributed by atoms with van der Waals surface area (Å²) < 4.78 is 6.61. The average Bonchev–Trinajstić information content (AvgIpc) is 2.98. The minimum Gasteiger partial charge on any atom is -0.364 e. The van der Waals surface area contributed by atoms with Gasteiger partial charge in [0, 0.05) is 26.1 Å². The Labute approximate surface area is 144 Å². The smallest absolute Gasteiger partial charge is 0.246 e. The van der Waals surface area contributed by atoms with Gasteiger partial charge in [0.15, 0.2) is 0 Å². The van der Waals surface area contributed by atoms with Crippen molar-refractivity contribution < 1.29 is 14.3 Å². The highest BCUT2D eigenvalue weighted by molar-refractivity contribution is 7.18. The molecule has 1 aliphatic heterocycles. The van der Waals surface area contributed by atoms with Crippen LogP contribution in [0.4, 0.5) is 0 Å². The van der Waals surface area contributed by atoms with E-state index in [0.717, 1.165) is 28.1 Å². The van der Waals surface area contributed by atoms with Crippen molar-refractivity contribution in [1.29, 1.82) is 0 Å². The van der Waals surface area contributed by atoms with Crippen LogP contribution in [-0.4, -0.2) is 47.4 Å². The standard InChI is InChI=1S/C17H21N3O3S/c1-12(21)20-8-6-13(7-9-20)18-16(22)10-23-11-17-19-14-4-2-3-5-15(14)24-17/h2-5,13H,6-11H2,1H3,(H,18,22). The first-order chi connectivity index (χ1) is 11.6. The van der Waals surface area contributed by atoms with Gasteiger partial charge in [-0.15, -0.1) is 11.3 Å². The van der Waals surface area contributed by atoms with Gasteiger partial charge in [-0.05, 0) is 25.0 Å². The zero-order valence-electron chi connectivity index (χ0n) is 13.7. The third kappa shape index (κ3) is 4.30. The van der Waals surface area contributed by atoms with Crippen LogP contribution in [0.15, 0.2) is 24.3 Å². The Morgan fingerprint density at radius 1 is 1.33 bits per heavy atom. The Morgan fingerprint density at radius 2 is 2.08 bits per heavy atom. The minimum absolute atomic E-state index is 0.0306. The number of thiazole rings is 1. The normalized spacial score (nSPS) is 15.6. The van der Waals surface area contributed by atoms with E-state index in [1.165, 1.54) is 0 Å². The Morgan fingerprint density at radius 3 is 2.79 bits per heavy atom. The van der Waals surface area contributed by atoms with Crippen LogP contribution in [0.2, 0.25) is 0 Å². The van der Waals surface area contributed by atoms with Crippen molar-refractivity contribution in [2.45, 2.75) is 32.4 Å². The number of carbonyl (C=O) groups is 2. The molecule has 7 heteroatoms. The highest BCUT2D eigenvalue weighted by atomic mass is 32.1. The van der Waals surface area contributed by atoms with Gasteiger partial charge in [0.2, 0.25) is 11.8 Å². The van der Waals surface area contributed by atoms with Crippen LogP contribution >= 0.6 is 11.3 Å². The third-order valence-corrected chi connectivity index (χ3v) is 5.11. The van der Waals surface area contributed by atoms with Crippen LogP contribution < -0.4 is 5.32 Å². The molecule has 0 radical (unpaired) electrons. The lowest BCUT2D eigenvalue weighted by molar-refractivity contribution is -0.130. The summed E-state index contributed by atoms with van der Waals surface area (Å²) in [7, 11) is 0. The number of rotatable bonds is 5. The van der Waals surface area contributed by atoms with E-state index in [1.54, 1.807) is 18.3 Å². The molecule has 0 spiro atoms. The lowest BCUT2D eigenvalue weighted by atomic mass is 10.1. The Balaban J connectivity index is 1.39. The summed E-state index contributed by atoms with van der Waals surface area (Å²) in [4.78, 5) is 29.5. The van der Waals surface area contributed by atoms with Gasteiger partial charge in [-0.1, -0.05) is 12.1 Å². The second kappa shape index (κ2) is 7.72. The maximum atomic E-state index is 12.0. The zero-order valence-corrected chi connectivity index (χ0v) is 14.5. The first-order valence-corrected chi connectivity index (χ1v) is 8.90. The topological polar surface area (TPSA) is 71.5 Å². The summed E-state index contributed by atoms with van der Waals surface area (Å²) in [5, 5.41) is 3.85. The van der Waals surface area contributed by atoms with Gasteiger partial charge in [-0.2, -0.15) is 0 Å². The summed E-state index contributed by atoms with van der Waals surface area (Å²) in [5.41, 5.74) is 0.961. The highest BCUT2D eigenvalue weighted by Gasteiger charge is 2.21. The SMILES string of the molecule is CC(=O)N1CCC(NC(=O)COCc2nc3ccccc3s2)CC1. The van der Waals surface area contributed by atoms with Crippen molar-refractivity contribution in [3.63, 3.8) is 0 Å². The van der Waals surface area contributed by atoms with Gasteiger partial charge in [0.1, 0.15) is 11.6 Å². The summed E-state index contributed by atoms with van der Waals surface area (Å²) in [6.07, 6.45) is 1.59. The molecule has 24 heavy (non-hydrogen) atoms. The Bertz CT molecular complexity index is 690. The fourth-order valence-electron chi connectivity index (χ4n) is 2.82. The molecule has 1 aliphatic rings. The fraction of sp³-hybridized carbons (Fsp3) is 0.471. The monoisotopic (exact) mass is 347 g/mol. The van der Waals surface area contributed by atoms with Crippen molar-refractivity contribution in [1.82, 2.24) is 15.2 Å². The molecule has 1 aromatic carbocycles. The van der Waals surface area contributed by atoms with Crippen LogP contribution in [0, 0.1) is 0 Å². The van der Waals surface area contributed by atoms with E-state index in [-0.39, 0.29) is 24.5 Å². The number of benzene rings is 1. The van der Waals surface area contributed by atoms with E-state index < -0.39 is 0 Å². The summed E-state index contributed by atoms with van der Waals surface area (Å²) in [5.74, 6) is -0.0173. The van der Waals surface area contributed by atoms with Crippen LogP contribution in [-0.2, 0) is 20.9 Å². The number of nitrogens with zero attached hydrogens (tertiary/aromatic N) is 2. The highest BCUT2D eigenvalue weighted by Crippen LogP contribution is 2.21. The summed E-state index contributed by atoms with van der Waals surface area (Å²) in [6.45, 7) is 3.35. The second-order valence-electron chi connectivity index (χ2n) is 5.92. The number of carbonyl (C=O) groups excluding carboxylic acids is 2. The predicted molar refractivity (Wildman–Crippen MR) is 92.7 cm³/mol. The van der Waals surface area contributed by atoms with Gasteiger partial charge in [0.05, 0.1) is 16.8 Å². The largest absolute Gasteiger partial charge is 0.364 e. The summed E-state index contributed by atoms with van der Waals surface area (Å²) >= 11 is 1.58. The van der Waals surface area contributed by atoms with E-state index in [0.29, 0.717) is 19.7 Å². The van der Waals surface area contributed by atoms with Crippen LogP contribution in [0.5, 0.6) is 0 Å². The molecule has 1 fully saturated rings. The molecule has 0 bridgehead atoms. The third-order valence-electron chi connectivity index (χ3n) is 4.10. The van der Waals surface area contributed by atoms with Gasteiger partial charge < -0.3 is 15.0 Å². The number of hydrogen-bond donors (Lipinski definition) is 1. The average molecular weight is 347 g/mol. The number of ether oxygens (including phenoxy) is 1. The number of piperidine rings is 1. The molecule has 0 unspecified atom stereocenters. The van der Waals surface area contributed by atoms with E-state index in [4.69, 9.17) is 4.74 Å². The first-order valence-electron chi connectivity index (χ1n) is 8.09. The number of nitrogens with one attached hydrogen (secondary N) is 1. The lowest BCUT2D eigenvalue weighted by Gasteiger charge is -2.31. The Hall–Kier alpha value is -1.99. The van der Waals surface area contributed by atoms with E-state index in [2.05, 4.69) is 10.3 Å². The van der Waals surface area contributed by atoms with Crippen molar-refractivity contribution in [2.75, 3.05) is 19.7 Å². The lowest BCUT2D eigenvalue weighted by Crippen LogP contribution is -2.46. The first kappa shape index (κ1) is 16.9. The molecule has 3 rings (SSSR count). The van der Waals surface area contributed by atoms with Crippen molar-refractivity contribution in [3.05, 3.63) is 29.3 Å². The number of aromatic nitrogens is 1. The molecule has 1 saturated heterocycles. The molecule has 0 atom stereocenters. The number of hydrogen-bond acceptors (Lipinski definition) is 5. The minimum atomic E-state index is -0.114. The zero-order chi connectivity index (χ0) is 16.9. The van der Waals surface area contributed by atoms with Gasteiger partial charge in [-0.3, -0.25) is 9.59 Å². The molecule has 6 nitrogen and oxygen atoms in total. The van der Waals surface area contributed by atoms with Crippen LogP contribution in [0.1, 0.15) is 24.8 Å². The van der Waals surface area contributed by atoms with Crippen molar-refractivity contribution in [2.24, 2.45) is 0 Å². The fourth-order valence-corrected chi connectivity index (χ4v) is 3.73. The second-order valence-corrected chi connectivity index (χ2v) is 7.03. The Kier molecular flexibility index (Phi) is 5.42. The molecule has 2 heterocycles. The molecule has 128 valence electrons. The van der Waals surface area contributed by atoms with Crippen molar-refractivity contribution in [3.8, 4) is 0 Å². The number of likely N-dealkylation sites (tertiary alicyclic amines) is 1. The number of fused-ring (bicyclic) bond motifs is 1. The van der Waals surface area contributed by atoms with E-state index >= 15 is 0 Å². The molecular formula is C17H21N3O3S. The van der Waals surface area contributed by atoms with Gasteiger partial charge >= 0.3 is 0 Å². The molecule has 0 saturated carbocycles. The molecule has 1 N–H and O–H groups in total. The molecule has 2 aromatic rings. The van der Waals surface area contributed by atoms with Gasteiger partial charge in [-0.25, -0.2) is 4.98 Å². The number of para-hydroxylation sites is 1. The summed E-state index contributed by atoms with van der Waals surface area (Å²) in [6, 6.07) is 8.05. The number of amides is 2. The predicted octanol–water partition coefficient (Wildman–Crippen LogP) is 1.94. The van der Waals surface area contributed by atoms with E-state index in [1.807, 2.05) is 29.2 Å². The maximum absolute atomic E-state index is 12.0. The maximum Gasteiger partial charge on any atom is 0.246 e. The van der Waals surface area contributed by atoms with Gasteiger partial charge in [0.25, 0.3) is 0 Å². The van der Waals surface area contributed by atoms with Crippen LogP contribution in [0.3, 0.4) is 0 Å². The molecule has 1 aromatic heterocycles. The molecule has 2 amide bonds. The molecule has 0 aliphatic carbocycles. The quantitative estimate of drug-likeness (QED) is 0.897. The van der Waals surface area contributed by atoms with Crippen molar-refractivity contribution >= 4 is 33.4 Å². The van der Waals surface area contributed by atoms with E-state index in [9.17, 15) is 9.59 Å².